The summed E-state index contributed by atoms with van der Waals surface area (Å²) in [4.78, 5) is 25.9. The second kappa shape index (κ2) is 7.26. The van der Waals surface area contributed by atoms with E-state index in [2.05, 4.69) is 4.90 Å². The number of ketones is 1. The fraction of sp³-hybridized carbons (Fsp3) is 0.500. The highest BCUT2D eigenvalue weighted by Gasteiger charge is 2.26. The van der Waals surface area contributed by atoms with Crippen LogP contribution in [0.25, 0.3) is 0 Å². The maximum absolute atomic E-state index is 12.1. The zero-order chi connectivity index (χ0) is 16.1. The average molecular weight is 307 g/mol. The molecule has 0 aromatic heterocycles. The van der Waals surface area contributed by atoms with Crippen LogP contribution in [0.15, 0.2) is 18.2 Å². The zero-order valence-corrected chi connectivity index (χ0v) is 13.1. The first-order chi connectivity index (χ1) is 10.6. The number of hydrogen-bond acceptors (Lipinski definition) is 6. The Balaban J connectivity index is 2.23. The van der Waals surface area contributed by atoms with E-state index in [4.69, 9.17) is 14.2 Å². The average Bonchev–Trinajstić information content (AvgIpc) is 2.91. The van der Waals surface area contributed by atoms with Crippen molar-refractivity contribution in [2.24, 2.45) is 0 Å². The lowest BCUT2D eigenvalue weighted by Gasteiger charge is -2.17. The molecule has 1 fully saturated rings. The van der Waals surface area contributed by atoms with Gasteiger partial charge in [-0.2, -0.15) is 0 Å². The Bertz CT molecular complexity index is 557. The van der Waals surface area contributed by atoms with Gasteiger partial charge >= 0.3 is 5.97 Å². The molecule has 0 spiro atoms. The fourth-order valence-electron chi connectivity index (χ4n) is 2.47. The van der Waals surface area contributed by atoms with E-state index < -0.39 is 11.8 Å². The molecule has 1 aromatic rings. The van der Waals surface area contributed by atoms with E-state index in [0.29, 0.717) is 5.75 Å². The molecule has 1 atom stereocenters. The van der Waals surface area contributed by atoms with Crippen molar-refractivity contribution < 1.29 is 23.8 Å². The molecule has 1 aromatic carbocycles. The van der Waals surface area contributed by atoms with Crippen LogP contribution in [0.2, 0.25) is 0 Å². The zero-order valence-electron chi connectivity index (χ0n) is 13.1. The first kappa shape index (κ1) is 16.3. The lowest BCUT2D eigenvalue weighted by atomic mass is 10.1. The van der Waals surface area contributed by atoms with Gasteiger partial charge in [0.25, 0.3) is 5.78 Å². The van der Waals surface area contributed by atoms with Gasteiger partial charge in [0.2, 0.25) is 0 Å². The topological polar surface area (TPSA) is 65.1 Å². The van der Waals surface area contributed by atoms with Gasteiger partial charge in [-0.15, -0.1) is 0 Å². The summed E-state index contributed by atoms with van der Waals surface area (Å²) in [7, 11) is 3.48. The third kappa shape index (κ3) is 3.57. The second-order valence-electron chi connectivity index (χ2n) is 5.18. The minimum absolute atomic E-state index is 0.0480. The number of benzene rings is 1. The highest BCUT2D eigenvalue weighted by molar-refractivity contribution is 6.41. The van der Waals surface area contributed by atoms with Crippen LogP contribution in [0, 0.1) is 0 Å². The number of likely N-dealkylation sites (N-methyl/N-ethyl adjacent to an activating group) is 1. The third-order valence-corrected chi connectivity index (χ3v) is 3.53. The molecule has 0 saturated carbocycles. The van der Waals surface area contributed by atoms with Crippen LogP contribution >= 0.6 is 0 Å². The molecule has 2 rings (SSSR count). The summed E-state index contributed by atoms with van der Waals surface area (Å²) in [6, 6.07) is 4.94. The summed E-state index contributed by atoms with van der Waals surface area (Å²) in [5.74, 6) is -0.876. The standard InChI is InChI=1S/C16H21NO5/c1-4-21-16(19)14(18)12-6-5-7-13(15(12)20-3)22-11-8-9-17(2)10-11/h5-7,11H,4,8-10H2,1-3H3. The van der Waals surface area contributed by atoms with Crippen molar-refractivity contribution in [1.82, 2.24) is 4.90 Å². The number of nitrogens with zero attached hydrogens (tertiary/aromatic N) is 1. The minimum atomic E-state index is -0.890. The van der Waals surface area contributed by atoms with Crippen molar-refractivity contribution in [3.8, 4) is 11.5 Å². The summed E-state index contributed by atoms with van der Waals surface area (Å²) < 4.78 is 16.0. The van der Waals surface area contributed by atoms with Crippen LogP contribution in [-0.4, -0.2) is 56.6 Å². The molecule has 0 aliphatic carbocycles. The van der Waals surface area contributed by atoms with Gasteiger partial charge in [0.15, 0.2) is 11.5 Å². The number of methoxy groups -OCH3 is 1. The van der Waals surface area contributed by atoms with E-state index in [1.165, 1.54) is 13.2 Å². The Labute approximate surface area is 129 Å². The number of para-hydroxylation sites is 1. The third-order valence-electron chi connectivity index (χ3n) is 3.53. The quantitative estimate of drug-likeness (QED) is 0.451. The molecule has 0 N–H and O–H groups in total. The fourth-order valence-corrected chi connectivity index (χ4v) is 2.47. The predicted molar refractivity (Wildman–Crippen MR) is 80.5 cm³/mol. The number of likely N-dealkylation sites (tertiary alicyclic amines) is 1. The molecule has 6 nitrogen and oxygen atoms in total. The molecular weight excluding hydrogens is 286 g/mol. The smallest absolute Gasteiger partial charge is 0.379 e. The highest BCUT2D eigenvalue weighted by Crippen LogP contribution is 2.33. The second-order valence-corrected chi connectivity index (χ2v) is 5.18. The molecule has 1 saturated heterocycles. The number of rotatable bonds is 6. The van der Waals surface area contributed by atoms with Crippen LogP contribution in [0.4, 0.5) is 0 Å². The normalized spacial score (nSPS) is 18.0. The number of carbonyl (C=O) groups excluding carboxylic acids is 2. The maximum atomic E-state index is 12.1. The van der Waals surface area contributed by atoms with Crippen molar-refractivity contribution in [2.45, 2.75) is 19.4 Å². The molecule has 0 radical (unpaired) electrons. The van der Waals surface area contributed by atoms with Crippen molar-refractivity contribution >= 4 is 11.8 Å². The lowest BCUT2D eigenvalue weighted by molar-refractivity contribution is -0.137. The molecule has 22 heavy (non-hydrogen) atoms. The first-order valence-corrected chi connectivity index (χ1v) is 7.30. The number of Topliss-reactive ketones (excluding diaryl/α,β-unsaturated/α-hetero) is 1. The summed E-state index contributed by atoms with van der Waals surface area (Å²) >= 11 is 0. The highest BCUT2D eigenvalue weighted by atomic mass is 16.5. The van der Waals surface area contributed by atoms with Crippen molar-refractivity contribution in [3.05, 3.63) is 23.8 Å². The van der Waals surface area contributed by atoms with Crippen LogP contribution in [0.3, 0.4) is 0 Å². The number of carbonyl (C=O) groups is 2. The van der Waals surface area contributed by atoms with E-state index in [-0.39, 0.29) is 24.0 Å². The number of esters is 1. The molecule has 6 heteroatoms. The van der Waals surface area contributed by atoms with Crippen molar-refractivity contribution in [3.63, 3.8) is 0 Å². The monoisotopic (exact) mass is 307 g/mol. The van der Waals surface area contributed by atoms with E-state index in [1.54, 1.807) is 19.1 Å². The van der Waals surface area contributed by atoms with Crippen molar-refractivity contribution in [2.75, 3.05) is 33.9 Å². The van der Waals surface area contributed by atoms with Gasteiger partial charge in [-0.05, 0) is 32.5 Å². The first-order valence-electron chi connectivity index (χ1n) is 7.30. The minimum Gasteiger partial charge on any atom is -0.492 e. The summed E-state index contributed by atoms with van der Waals surface area (Å²) in [6.07, 6.45) is 0.960. The Kier molecular flexibility index (Phi) is 5.38. The Morgan fingerprint density at radius 2 is 2.14 bits per heavy atom. The van der Waals surface area contributed by atoms with E-state index in [1.807, 2.05) is 7.05 Å². The van der Waals surface area contributed by atoms with Gasteiger partial charge in [-0.3, -0.25) is 4.79 Å². The molecule has 1 heterocycles. The van der Waals surface area contributed by atoms with Crippen LogP contribution < -0.4 is 9.47 Å². The van der Waals surface area contributed by atoms with Crippen molar-refractivity contribution in [1.29, 1.82) is 0 Å². The summed E-state index contributed by atoms with van der Waals surface area (Å²) in [6.45, 7) is 3.59. The SMILES string of the molecule is CCOC(=O)C(=O)c1cccc(OC2CCN(C)C2)c1OC. The van der Waals surface area contributed by atoms with E-state index >= 15 is 0 Å². The molecule has 0 amide bonds. The lowest BCUT2D eigenvalue weighted by Crippen LogP contribution is -2.22. The van der Waals surface area contributed by atoms with Gasteiger partial charge in [-0.1, -0.05) is 6.07 Å². The van der Waals surface area contributed by atoms with Gasteiger partial charge in [0.1, 0.15) is 6.10 Å². The van der Waals surface area contributed by atoms with Crippen LogP contribution in [-0.2, 0) is 9.53 Å². The largest absolute Gasteiger partial charge is 0.492 e. The molecule has 1 aliphatic heterocycles. The van der Waals surface area contributed by atoms with Gasteiger partial charge < -0.3 is 19.1 Å². The molecule has 120 valence electrons. The van der Waals surface area contributed by atoms with Gasteiger partial charge in [0, 0.05) is 13.1 Å². The summed E-state index contributed by atoms with van der Waals surface area (Å²) in [5.41, 5.74) is 0.157. The maximum Gasteiger partial charge on any atom is 0.379 e. The molecule has 1 unspecified atom stereocenters. The summed E-state index contributed by atoms with van der Waals surface area (Å²) in [5, 5.41) is 0. The van der Waals surface area contributed by atoms with E-state index in [0.717, 1.165) is 19.5 Å². The van der Waals surface area contributed by atoms with E-state index in [9.17, 15) is 9.59 Å². The van der Waals surface area contributed by atoms with Crippen LogP contribution in [0.1, 0.15) is 23.7 Å². The number of hydrogen-bond donors (Lipinski definition) is 0. The Hall–Kier alpha value is -2.08. The number of ether oxygens (including phenoxy) is 3. The Morgan fingerprint density at radius 3 is 2.73 bits per heavy atom. The predicted octanol–water partition coefficient (Wildman–Crippen LogP) is 1.52. The Morgan fingerprint density at radius 1 is 1.36 bits per heavy atom. The molecule has 1 aliphatic rings. The molecule has 0 bridgehead atoms. The van der Waals surface area contributed by atoms with Gasteiger partial charge in [-0.25, -0.2) is 4.79 Å². The van der Waals surface area contributed by atoms with Gasteiger partial charge in [0.05, 0.1) is 19.3 Å². The molecular formula is C16H21NO5. The van der Waals surface area contributed by atoms with Crippen LogP contribution in [0.5, 0.6) is 11.5 Å².